The van der Waals surface area contributed by atoms with Gasteiger partial charge in [0.25, 0.3) is 0 Å². The Hall–Kier alpha value is -0.100. The van der Waals surface area contributed by atoms with Gasteiger partial charge in [0.2, 0.25) is 0 Å². The summed E-state index contributed by atoms with van der Waals surface area (Å²) >= 11 is 0. The van der Waals surface area contributed by atoms with Crippen LogP contribution in [0.25, 0.3) is 0 Å². The molecule has 2 unspecified atom stereocenters. The number of hydrogen-bond acceptors (Lipinski definition) is 2. The monoisotopic (exact) mass is 272 g/mol. The number of hydrogen-bond donors (Lipinski definition) is 0. The molecule has 3 heteroatoms. The maximum atomic E-state index is 12.0. The molecule has 1 aliphatic carbocycles. The molecule has 0 aromatic heterocycles. The van der Waals surface area contributed by atoms with E-state index in [9.17, 15) is 4.79 Å². The van der Waals surface area contributed by atoms with Gasteiger partial charge in [0.1, 0.15) is 6.10 Å². The fraction of sp³-hybridized carbons (Fsp3) is 0.933. The lowest BCUT2D eigenvalue weighted by Gasteiger charge is -2.37. The van der Waals surface area contributed by atoms with Crippen molar-refractivity contribution in [3.63, 3.8) is 0 Å². The van der Waals surface area contributed by atoms with E-state index in [0.717, 1.165) is 25.2 Å². The van der Waals surface area contributed by atoms with E-state index < -0.39 is 5.16 Å². The lowest BCUT2D eigenvalue weighted by molar-refractivity contribution is -0.154. The maximum Gasteiger partial charge on any atom is 0.315 e. The van der Waals surface area contributed by atoms with Crippen molar-refractivity contribution >= 4 is 15.2 Å². The smallest absolute Gasteiger partial charge is 0.315 e. The molecule has 0 aliphatic heterocycles. The van der Waals surface area contributed by atoms with Crippen LogP contribution < -0.4 is 0 Å². The van der Waals surface area contributed by atoms with E-state index in [4.69, 9.17) is 4.74 Å². The minimum atomic E-state index is -0.416. The highest BCUT2D eigenvalue weighted by atomic mass is 31.0. The molecule has 0 radical (unpaired) electrons. The molecule has 106 valence electrons. The largest absolute Gasteiger partial charge is 0.462 e. The first-order valence-electron chi connectivity index (χ1n) is 7.16. The summed E-state index contributed by atoms with van der Waals surface area (Å²) in [6.45, 7) is 10.9. The van der Waals surface area contributed by atoms with Gasteiger partial charge in [-0.3, -0.25) is 4.79 Å². The van der Waals surface area contributed by atoms with Crippen molar-refractivity contribution < 1.29 is 9.53 Å². The van der Waals surface area contributed by atoms with Gasteiger partial charge in [-0.15, -0.1) is 9.24 Å². The van der Waals surface area contributed by atoms with Gasteiger partial charge in [-0.1, -0.05) is 27.7 Å². The molecule has 0 bridgehead atoms. The molecule has 0 N–H and O–H groups in total. The summed E-state index contributed by atoms with van der Waals surface area (Å²) in [6, 6.07) is 0. The summed E-state index contributed by atoms with van der Waals surface area (Å²) in [6.07, 6.45) is 5.36. The first-order valence-corrected chi connectivity index (χ1v) is 7.74. The maximum absolute atomic E-state index is 12.0. The van der Waals surface area contributed by atoms with E-state index in [1.165, 1.54) is 12.8 Å². The van der Waals surface area contributed by atoms with Crippen molar-refractivity contribution in [1.82, 2.24) is 0 Å². The second kappa shape index (κ2) is 5.90. The summed E-state index contributed by atoms with van der Waals surface area (Å²) in [4.78, 5) is 12.0. The van der Waals surface area contributed by atoms with Crippen LogP contribution in [0.15, 0.2) is 0 Å². The number of rotatable bonds is 3. The molecular formula is C15H29O2P. The Morgan fingerprint density at radius 3 is 2.06 bits per heavy atom. The van der Waals surface area contributed by atoms with E-state index in [0.29, 0.717) is 5.41 Å². The van der Waals surface area contributed by atoms with Crippen LogP contribution in [0.1, 0.15) is 66.7 Å². The summed E-state index contributed by atoms with van der Waals surface area (Å²) < 4.78 is 5.65. The van der Waals surface area contributed by atoms with Gasteiger partial charge >= 0.3 is 5.97 Å². The van der Waals surface area contributed by atoms with Gasteiger partial charge < -0.3 is 4.74 Å². The highest BCUT2D eigenvalue weighted by Gasteiger charge is 2.34. The van der Waals surface area contributed by atoms with E-state index in [1.807, 2.05) is 13.8 Å². The highest BCUT2D eigenvalue weighted by Crippen LogP contribution is 2.39. The minimum absolute atomic E-state index is 0.0609. The minimum Gasteiger partial charge on any atom is -0.462 e. The topological polar surface area (TPSA) is 26.3 Å². The Morgan fingerprint density at radius 2 is 1.67 bits per heavy atom. The van der Waals surface area contributed by atoms with Crippen LogP contribution >= 0.6 is 9.24 Å². The Labute approximate surface area is 114 Å². The predicted octanol–water partition coefficient (Wildman–Crippen LogP) is 4.18. The van der Waals surface area contributed by atoms with Gasteiger partial charge in [-0.2, -0.15) is 0 Å². The van der Waals surface area contributed by atoms with Gasteiger partial charge in [0.15, 0.2) is 0 Å². The van der Waals surface area contributed by atoms with Crippen molar-refractivity contribution in [2.45, 2.75) is 78.0 Å². The molecule has 18 heavy (non-hydrogen) atoms. The quantitative estimate of drug-likeness (QED) is 0.569. The molecule has 1 rings (SSSR count). The lowest BCUT2D eigenvalue weighted by Crippen LogP contribution is -2.36. The molecule has 2 atom stereocenters. The Kier molecular flexibility index (Phi) is 5.23. The number of carbonyl (C=O) groups excluding carboxylic acids is 1. The predicted molar refractivity (Wildman–Crippen MR) is 79.7 cm³/mol. The number of carbonyl (C=O) groups is 1. The second-order valence-corrected chi connectivity index (χ2v) is 8.29. The van der Waals surface area contributed by atoms with Crippen LogP contribution in [0.5, 0.6) is 0 Å². The molecule has 2 nitrogen and oxygen atoms in total. The molecule has 0 saturated heterocycles. The summed E-state index contributed by atoms with van der Waals surface area (Å²) in [7, 11) is 2.62. The van der Waals surface area contributed by atoms with Gasteiger partial charge in [-0.25, -0.2) is 0 Å². The van der Waals surface area contributed by atoms with E-state index >= 15 is 0 Å². The average molecular weight is 272 g/mol. The van der Waals surface area contributed by atoms with Crippen LogP contribution in [0.3, 0.4) is 0 Å². The van der Waals surface area contributed by atoms with Gasteiger partial charge in [-0.05, 0) is 50.4 Å². The zero-order chi connectivity index (χ0) is 14.0. The van der Waals surface area contributed by atoms with E-state index in [-0.39, 0.29) is 12.1 Å². The van der Waals surface area contributed by atoms with Crippen molar-refractivity contribution in [1.29, 1.82) is 0 Å². The third kappa shape index (κ3) is 4.23. The SMILES string of the molecule is CCC(C)(P)C(=O)OC1CCC(C(C)(C)C)CC1. The molecule has 0 heterocycles. The first kappa shape index (κ1) is 16.0. The fourth-order valence-electron chi connectivity index (χ4n) is 2.48. The Balaban J connectivity index is 2.43. The van der Waals surface area contributed by atoms with Gasteiger partial charge in [0.05, 0.1) is 5.16 Å². The molecule has 1 aliphatic rings. The second-order valence-electron chi connectivity index (χ2n) is 7.02. The molecule has 0 aromatic carbocycles. The highest BCUT2D eigenvalue weighted by molar-refractivity contribution is 7.20. The zero-order valence-corrected chi connectivity index (χ0v) is 13.7. The van der Waals surface area contributed by atoms with Crippen molar-refractivity contribution in [2.24, 2.45) is 11.3 Å². The molecular weight excluding hydrogens is 243 g/mol. The van der Waals surface area contributed by atoms with E-state index in [2.05, 4.69) is 30.0 Å². The molecule has 0 aromatic rings. The Morgan fingerprint density at radius 1 is 1.17 bits per heavy atom. The van der Waals surface area contributed by atoms with Crippen molar-refractivity contribution in [3.05, 3.63) is 0 Å². The summed E-state index contributed by atoms with van der Waals surface area (Å²) in [5.74, 6) is 0.704. The van der Waals surface area contributed by atoms with Gasteiger partial charge in [0, 0.05) is 0 Å². The van der Waals surface area contributed by atoms with Crippen molar-refractivity contribution in [3.8, 4) is 0 Å². The van der Waals surface area contributed by atoms with E-state index in [1.54, 1.807) is 0 Å². The average Bonchev–Trinajstić information content (AvgIpc) is 2.28. The van der Waals surface area contributed by atoms with Crippen LogP contribution in [-0.2, 0) is 9.53 Å². The van der Waals surface area contributed by atoms with Crippen LogP contribution in [0, 0.1) is 11.3 Å². The van der Waals surface area contributed by atoms with Crippen LogP contribution in [-0.4, -0.2) is 17.2 Å². The molecule has 0 amide bonds. The normalized spacial score (nSPS) is 28.6. The van der Waals surface area contributed by atoms with Crippen LogP contribution in [0.4, 0.5) is 0 Å². The fourth-order valence-corrected chi connectivity index (χ4v) is 2.55. The van der Waals surface area contributed by atoms with Crippen LogP contribution in [0.2, 0.25) is 0 Å². The lowest BCUT2D eigenvalue weighted by atomic mass is 9.72. The molecule has 0 spiro atoms. The third-order valence-electron chi connectivity index (χ3n) is 4.37. The molecule has 1 saturated carbocycles. The Bertz CT molecular complexity index is 283. The molecule has 1 fully saturated rings. The standard InChI is InChI=1S/C15H29O2P/c1-6-15(5,18)13(16)17-12-9-7-11(8-10-12)14(2,3)4/h11-12H,6-10,18H2,1-5H3. The third-order valence-corrected chi connectivity index (χ3v) is 5.02. The summed E-state index contributed by atoms with van der Waals surface area (Å²) in [5.41, 5.74) is 0.382. The number of ether oxygens (including phenoxy) is 1. The first-order chi connectivity index (χ1) is 8.16. The summed E-state index contributed by atoms with van der Waals surface area (Å²) in [5, 5.41) is -0.416. The zero-order valence-electron chi connectivity index (χ0n) is 12.6. The van der Waals surface area contributed by atoms with Crippen molar-refractivity contribution in [2.75, 3.05) is 0 Å². The number of esters is 1.